The van der Waals surface area contributed by atoms with E-state index < -0.39 is 12.3 Å². The van der Waals surface area contributed by atoms with Gasteiger partial charge in [-0.05, 0) is 88.1 Å². The predicted molar refractivity (Wildman–Crippen MR) is 130 cm³/mol. The first-order chi connectivity index (χ1) is 16.5. The Bertz CT molecular complexity index is 1150. The van der Waals surface area contributed by atoms with Gasteiger partial charge in [0.2, 0.25) is 0 Å². The molecule has 0 saturated heterocycles. The van der Waals surface area contributed by atoms with Crippen LogP contribution in [-0.2, 0) is 4.79 Å². The van der Waals surface area contributed by atoms with Gasteiger partial charge in [-0.25, -0.2) is 4.98 Å². The summed E-state index contributed by atoms with van der Waals surface area (Å²) in [6, 6.07) is 12.3. The zero-order valence-electron chi connectivity index (χ0n) is 20.1. The van der Waals surface area contributed by atoms with E-state index in [0.29, 0.717) is 5.69 Å². The maximum Gasteiger partial charge on any atom is 0.573 e. The highest BCUT2D eigenvalue weighted by Crippen LogP contribution is 2.26. The number of hydrogen-bond donors (Lipinski definition) is 1. The van der Waals surface area contributed by atoms with Gasteiger partial charge in [0, 0.05) is 24.7 Å². The molecule has 3 rings (SSSR count). The average molecular weight is 491 g/mol. The zero-order chi connectivity index (χ0) is 25.6. The molecule has 0 aliphatic heterocycles. The normalized spacial score (nSPS) is 11.5. The number of fused-ring (bicyclic) bond motifs is 1. The first-order valence-electron chi connectivity index (χ1n) is 11.1. The zero-order valence-corrected chi connectivity index (χ0v) is 20.1. The molecule has 35 heavy (non-hydrogen) atoms. The molecule has 0 aliphatic carbocycles. The topological polar surface area (TPSA) is 66.9 Å². The molecular formula is C25H29F3N4O3. The van der Waals surface area contributed by atoms with Crippen LogP contribution in [0, 0.1) is 6.92 Å². The SMILES string of the molecule is Cc1cc(N(C)CCCN(C)C)nc2ccc(NC(=O)COc3ccc(OC(F)(F)F)cc3)cc12. The quantitative estimate of drug-likeness (QED) is 0.439. The highest BCUT2D eigenvalue weighted by molar-refractivity contribution is 5.95. The van der Waals surface area contributed by atoms with Crippen LogP contribution in [0.1, 0.15) is 12.0 Å². The predicted octanol–water partition coefficient (Wildman–Crippen LogP) is 4.85. The molecule has 1 amide bonds. The van der Waals surface area contributed by atoms with Crippen molar-refractivity contribution in [3.05, 3.63) is 54.1 Å². The van der Waals surface area contributed by atoms with Crippen molar-refractivity contribution in [1.82, 2.24) is 9.88 Å². The van der Waals surface area contributed by atoms with Gasteiger partial charge in [0.05, 0.1) is 5.52 Å². The van der Waals surface area contributed by atoms with Crippen LogP contribution in [0.3, 0.4) is 0 Å². The molecule has 2 aromatic carbocycles. The molecule has 0 saturated carbocycles. The first-order valence-corrected chi connectivity index (χ1v) is 11.1. The van der Waals surface area contributed by atoms with E-state index in [0.717, 1.165) is 53.9 Å². The van der Waals surface area contributed by atoms with Gasteiger partial charge in [0.25, 0.3) is 5.91 Å². The molecule has 1 aromatic heterocycles. The van der Waals surface area contributed by atoms with Crippen molar-refractivity contribution in [1.29, 1.82) is 0 Å². The lowest BCUT2D eigenvalue weighted by atomic mass is 10.1. The molecule has 1 N–H and O–H groups in total. The van der Waals surface area contributed by atoms with E-state index in [-0.39, 0.29) is 18.1 Å². The summed E-state index contributed by atoms with van der Waals surface area (Å²) in [5.41, 5.74) is 2.46. The second-order valence-electron chi connectivity index (χ2n) is 8.46. The van der Waals surface area contributed by atoms with E-state index in [9.17, 15) is 18.0 Å². The summed E-state index contributed by atoms with van der Waals surface area (Å²) in [6.45, 7) is 3.59. The Balaban J connectivity index is 1.59. The van der Waals surface area contributed by atoms with Gasteiger partial charge in [0.1, 0.15) is 17.3 Å². The van der Waals surface area contributed by atoms with Crippen molar-refractivity contribution < 1.29 is 27.4 Å². The lowest BCUT2D eigenvalue weighted by Crippen LogP contribution is -2.24. The molecule has 7 nitrogen and oxygen atoms in total. The van der Waals surface area contributed by atoms with Gasteiger partial charge in [-0.15, -0.1) is 13.2 Å². The summed E-state index contributed by atoms with van der Waals surface area (Å²) >= 11 is 0. The van der Waals surface area contributed by atoms with Crippen LogP contribution >= 0.6 is 0 Å². The largest absolute Gasteiger partial charge is 0.573 e. The molecule has 0 aliphatic rings. The second kappa shape index (κ2) is 11.3. The highest BCUT2D eigenvalue weighted by Gasteiger charge is 2.31. The number of anilines is 2. The van der Waals surface area contributed by atoms with Crippen molar-refractivity contribution in [2.24, 2.45) is 0 Å². The molecular weight excluding hydrogens is 461 g/mol. The molecule has 10 heteroatoms. The molecule has 188 valence electrons. The van der Waals surface area contributed by atoms with E-state index in [4.69, 9.17) is 9.72 Å². The van der Waals surface area contributed by atoms with Gasteiger partial charge in [0.15, 0.2) is 6.61 Å². The number of hydrogen-bond acceptors (Lipinski definition) is 6. The van der Waals surface area contributed by atoms with Gasteiger partial charge in [-0.2, -0.15) is 0 Å². The van der Waals surface area contributed by atoms with Crippen LogP contribution in [-0.4, -0.2) is 63.0 Å². The van der Waals surface area contributed by atoms with E-state index in [1.807, 2.05) is 32.2 Å². The number of pyridine rings is 1. The molecule has 3 aromatic rings. The van der Waals surface area contributed by atoms with Gasteiger partial charge >= 0.3 is 6.36 Å². The number of aromatic nitrogens is 1. The number of rotatable bonds is 10. The fraction of sp³-hybridized carbons (Fsp3) is 0.360. The van der Waals surface area contributed by atoms with Crippen molar-refractivity contribution in [3.63, 3.8) is 0 Å². The summed E-state index contributed by atoms with van der Waals surface area (Å²) in [7, 11) is 6.12. The third-order valence-electron chi connectivity index (χ3n) is 5.20. The number of halogens is 3. The van der Waals surface area contributed by atoms with Crippen LogP contribution in [0.2, 0.25) is 0 Å². The minimum Gasteiger partial charge on any atom is -0.484 e. The number of carbonyl (C=O) groups is 1. The summed E-state index contributed by atoms with van der Waals surface area (Å²) in [4.78, 5) is 21.4. The Morgan fingerprint density at radius 3 is 2.34 bits per heavy atom. The third kappa shape index (κ3) is 8.03. The van der Waals surface area contributed by atoms with Crippen molar-refractivity contribution >= 4 is 28.3 Å². The molecule has 0 spiro atoms. The summed E-state index contributed by atoms with van der Waals surface area (Å²) < 4.78 is 45.9. The Morgan fingerprint density at radius 1 is 1.00 bits per heavy atom. The third-order valence-corrected chi connectivity index (χ3v) is 5.20. The van der Waals surface area contributed by atoms with Crippen molar-refractivity contribution in [2.75, 3.05) is 51.1 Å². The Morgan fingerprint density at radius 2 is 1.69 bits per heavy atom. The van der Waals surface area contributed by atoms with E-state index in [1.54, 1.807) is 6.07 Å². The van der Waals surface area contributed by atoms with Gasteiger partial charge < -0.3 is 24.6 Å². The monoisotopic (exact) mass is 490 g/mol. The van der Waals surface area contributed by atoms with Crippen LogP contribution in [0.25, 0.3) is 10.9 Å². The lowest BCUT2D eigenvalue weighted by Gasteiger charge is -2.20. The smallest absolute Gasteiger partial charge is 0.484 e. The summed E-state index contributed by atoms with van der Waals surface area (Å²) in [6.07, 6.45) is -3.74. The number of carbonyl (C=O) groups excluding carboxylic acids is 1. The molecule has 0 unspecified atom stereocenters. The second-order valence-corrected chi connectivity index (χ2v) is 8.46. The van der Waals surface area contributed by atoms with E-state index in [2.05, 4.69) is 33.9 Å². The molecule has 0 radical (unpaired) electrons. The van der Waals surface area contributed by atoms with Gasteiger partial charge in [-0.3, -0.25) is 4.79 Å². The minimum atomic E-state index is -4.76. The van der Waals surface area contributed by atoms with Crippen molar-refractivity contribution in [3.8, 4) is 11.5 Å². The van der Waals surface area contributed by atoms with E-state index in [1.165, 1.54) is 12.1 Å². The van der Waals surface area contributed by atoms with Crippen LogP contribution < -0.4 is 19.7 Å². The Labute approximate surface area is 202 Å². The minimum absolute atomic E-state index is 0.246. The Kier molecular flexibility index (Phi) is 8.39. The Hall–Kier alpha value is -3.53. The van der Waals surface area contributed by atoms with Gasteiger partial charge in [-0.1, -0.05) is 0 Å². The molecule has 1 heterocycles. The maximum absolute atomic E-state index is 12.3. The molecule has 0 fully saturated rings. The maximum atomic E-state index is 12.3. The standard InChI is InChI=1S/C25H29F3N4O3/c1-17-14-23(32(4)13-5-12-31(2)3)30-22-11-6-18(15-21(17)22)29-24(33)16-34-19-7-9-20(10-8-19)35-25(26,27)28/h6-11,14-15H,5,12-13,16H2,1-4H3,(H,29,33). The summed E-state index contributed by atoms with van der Waals surface area (Å²) in [5.74, 6) is 0.376. The number of nitrogens with one attached hydrogen (secondary N) is 1. The van der Waals surface area contributed by atoms with Crippen molar-refractivity contribution in [2.45, 2.75) is 19.7 Å². The number of benzene rings is 2. The first kappa shape index (κ1) is 26.1. The highest BCUT2D eigenvalue weighted by atomic mass is 19.4. The van der Waals surface area contributed by atoms with Crippen LogP contribution in [0.5, 0.6) is 11.5 Å². The number of ether oxygens (including phenoxy) is 2. The van der Waals surface area contributed by atoms with Crippen LogP contribution in [0.15, 0.2) is 48.5 Å². The van der Waals surface area contributed by atoms with E-state index >= 15 is 0 Å². The lowest BCUT2D eigenvalue weighted by molar-refractivity contribution is -0.274. The number of nitrogens with zero attached hydrogens (tertiary/aromatic N) is 3. The average Bonchev–Trinajstić information content (AvgIpc) is 2.77. The molecule has 0 atom stereocenters. The molecule has 0 bridgehead atoms. The fourth-order valence-electron chi connectivity index (χ4n) is 3.47. The number of amides is 1. The van der Waals surface area contributed by atoms with Crippen LogP contribution in [0.4, 0.5) is 24.7 Å². The number of alkyl halides is 3. The summed E-state index contributed by atoms with van der Waals surface area (Å²) in [5, 5.41) is 3.69. The fourth-order valence-corrected chi connectivity index (χ4v) is 3.47. The number of aryl methyl sites for hydroxylation is 1.